The van der Waals surface area contributed by atoms with E-state index in [1.165, 1.54) is 0 Å². The molecule has 0 radical (unpaired) electrons. The SMILES string of the molecule is CCOB(OC(C)(C)CC)c1cnc(NC(=O)OC(C)(C)C)cc1C(F)(F)F. The van der Waals surface area contributed by atoms with Crippen LogP contribution >= 0.6 is 0 Å². The molecule has 1 heterocycles. The molecule has 1 rings (SSSR count). The molecule has 1 N–H and O–H groups in total. The minimum atomic E-state index is -4.70. The highest BCUT2D eigenvalue weighted by Crippen LogP contribution is 2.30. The minimum absolute atomic E-state index is 0.152. The Bertz CT molecular complexity index is 676. The van der Waals surface area contributed by atoms with E-state index in [2.05, 4.69) is 10.3 Å². The number of alkyl halides is 3. The molecule has 0 bridgehead atoms. The van der Waals surface area contributed by atoms with Crippen LogP contribution in [0.25, 0.3) is 0 Å². The molecule has 1 aromatic rings. The summed E-state index contributed by atoms with van der Waals surface area (Å²) in [6.07, 6.45) is -4.02. The van der Waals surface area contributed by atoms with Crippen LogP contribution in [0.5, 0.6) is 0 Å². The van der Waals surface area contributed by atoms with Crippen LogP contribution in [0.1, 0.15) is 60.5 Å². The first kappa shape index (κ1) is 24.2. The maximum Gasteiger partial charge on any atom is 0.496 e. The molecule has 0 aliphatic rings. The summed E-state index contributed by atoms with van der Waals surface area (Å²) < 4.78 is 57.2. The van der Waals surface area contributed by atoms with Crippen molar-refractivity contribution >= 4 is 24.5 Å². The number of anilines is 1. The van der Waals surface area contributed by atoms with Gasteiger partial charge >= 0.3 is 19.4 Å². The van der Waals surface area contributed by atoms with Crippen LogP contribution in [0.3, 0.4) is 0 Å². The predicted molar refractivity (Wildman–Crippen MR) is 102 cm³/mol. The second-order valence-corrected chi connectivity index (χ2v) is 7.80. The Labute approximate surface area is 164 Å². The largest absolute Gasteiger partial charge is 0.496 e. The number of nitrogens with zero attached hydrogens (tertiary/aromatic N) is 1. The first-order chi connectivity index (χ1) is 12.7. The Morgan fingerprint density at radius 1 is 1.18 bits per heavy atom. The maximum atomic E-state index is 13.7. The van der Waals surface area contributed by atoms with E-state index >= 15 is 0 Å². The monoisotopic (exact) mass is 404 g/mol. The molecule has 0 saturated heterocycles. The molecule has 0 atom stereocenters. The van der Waals surface area contributed by atoms with Gasteiger partial charge in [0.15, 0.2) is 0 Å². The number of rotatable bonds is 7. The zero-order valence-electron chi connectivity index (χ0n) is 17.4. The standard InChI is InChI=1S/C18H28BF3N2O4/c1-8-17(6,7)28-19(26-9-2)13-11-23-14(10-12(13)18(20,21)22)24-15(25)27-16(3,4)5/h10-11H,8-9H2,1-7H3,(H,23,24,25). The molecule has 0 spiro atoms. The number of pyridine rings is 1. The zero-order chi connectivity index (χ0) is 21.8. The van der Waals surface area contributed by atoms with Crippen molar-refractivity contribution in [1.29, 1.82) is 0 Å². The molecule has 6 nitrogen and oxygen atoms in total. The van der Waals surface area contributed by atoms with Crippen LogP contribution in [-0.2, 0) is 20.2 Å². The van der Waals surface area contributed by atoms with Crippen molar-refractivity contribution < 1.29 is 32.0 Å². The van der Waals surface area contributed by atoms with Gasteiger partial charge in [-0.2, -0.15) is 13.2 Å². The predicted octanol–water partition coefficient (Wildman–Crippen LogP) is 4.38. The summed E-state index contributed by atoms with van der Waals surface area (Å²) >= 11 is 0. The van der Waals surface area contributed by atoms with E-state index in [1.54, 1.807) is 41.5 Å². The van der Waals surface area contributed by atoms with Crippen molar-refractivity contribution in [2.45, 2.75) is 72.3 Å². The molecule has 0 fully saturated rings. The number of ether oxygens (including phenoxy) is 1. The fraction of sp³-hybridized carbons (Fsp3) is 0.667. The van der Waals surface area contributed by atoms with Gasteiger partial charge in [0.25, 0.3) is 0 Å². The van der Waals surface area contributed by atoms with Gasteiger partial charge in [0.05, 0.1) is 5.56 Å². The summed E-state index contributed by atoms with van der Waals surface area (Å²) in [6.45, 7) is 12.1. The zero-order valence-corrected chi connectivity index (χ0v) is 17.4. The number of nitrogens with one attached hydrogen (secondary N) is 1. The highest BCUT2D eigenvalue weighted by molar-refractivity contribution is 6.62. The molecule has 0 saturated carbocycles. The van der Waals surface area contributed by atoms with Crippen LogP contribution in [0.4, 0.5) is 23.8 Å². The highest BCUT2D eigenvalue weighted by Gasteiger charge is 2.40. The van der Waals surface area contributed by atoms with Crippen molar-refractivity contribution in [1.82, 2.24) is 4.98 Å². The smallest absolute Gasteiger partial charge is 0.444 e. The van der Waals surface area contributed by atoms with Gasteiger partial charge in [-0.25, -0.2) is 9.78 Å². The summed E-state index contributed by atoms with van der Waals surface area (Å²) in [5, 5.41) is 2.21. The van der Waals surface area contributed by atoms with Crippen molar-refractivity contribution in [3.05, 3.63) is 17.8 Å². The number of carbonyl (C=O) groups is 1. The molecule has 10 heteroatoms. The van der Waals surface area contributed by atoms with E-state index < -0.39 is 36.2 Å². The molecule has 1 aromatic heterocycles. The van der Waals surface area contributed by atoms with E-state index in [9.17, 15) is 18.0 Å². The van der Waals surface area contributed by atoms with Crippen LogP contribution in [-0.4, -0.2) is 36.0 Å². The van der Waals surface area contributed by atoms with Gasteiger partial charge in [-0.1, -0.05) is 6.92 Å². The minimum Gasteiger partial charge on any atom is -0.444 e. The first-order valence-corrected chi connectivity index (χ1v) is 9.05. The Hall–Kier alpha value is -1.81. The number of hydrogen-bond acceptors (Lipinski definition) is 5. The fourth-order valence-corrected chi connectivity index (χ4v) is 2.09. The summed E-state index contributed by atoms with van der Waals surface area (Å²) in [6, 6.07) is 0.744. The number of amides is 1. The van der Waals surface area contributed by atoms with Crippen molar-refractivity contribution in [2.24, 2.45) is 0 Å². The topological polar surface area (TPSA) is 69.7 Å². The van der Waals surface area contributed by atoms with E-state index in [0.29, 0.717) is 6.42 Å². The van der Waals surface area contributed by atoms with Gasteiger partial charge in [-0.15, -0.1) is 0 Å². The second kappa shape index (κ2) is 9.13. The lowest BCUT2D eigenvalue weighted by molar-refractivity contribution is -0.137. The Morgan fingerprint density at radius 2 is 1.79 bits per heavy atom. The van der Waals surface area contributed by atoms with Gasteiger partial charge in [0, 0.05) is 23.9 Å². The second-order valence-electron chi connectivity index (χ2n) is 7.80. The Balaban J connectivity index is 3.26. The molecule has 158 valence electrons. The number of carbonyl (C=O) groups excluding carboxylic acids is 1. The van der Waals surface area contributed by atoms with E-state index in [4.69, 9.17) is 14.0 Å². The van der Waals surface area contributed by atoms with E-state index in [1.807, 2.05) is 6.92 Å². The van der Waals surface area contributed by atoms with Crippen molar-refractivity contribution in [3.8, 4) is 0 Å². The lowest BCUT2D eigenvalue weighted by atomic mass is 9.75. The molecule has 28 heavy (non-hydrogen) atoms. The molecule has 1 amide bonds. The van der Waals surface area contributed by atoms with Crippen LogP contribution in [0.2, 0.25) is 0 Å². The molecule has 0 unspecified atom stereocenters. The summed E-state index contributed by atoms with van der Waals surface area (Å²) in [4.78, 5) is 15.7. The third kappa shape index (κ3) is 7.67. The van der Waals surface area contributed by atoms with Gasteiger partial charge in [0.1, 0.15) is 11.4 Å². The summed E-state index contributed by atoms with van der Waals surface area (Å²) in [5.41, 5.74) is -2.75. The number of hydrogen-bond donors (Lipinski definition) is 1. The average Bonchev–Trinajstić information content (AvgIpc) is 2.51. The maximum absolute atomic E-state index is 13.7. The van der Waals surface area contributed by atoms with Gasteiger partial charge in [0.2, 0.25) is 0 Å². The quantitative estimate of drug-likeness (QED) is 0.683. The third-order valence-electron chi connectivity index (χ3n) is 3.72. The van der Waals surface area contributed by atoms with E-state index in [0.717, 1.165) is 12.3 Å². The van der Waals surface area contributed by atoms with E-state index in [-0.39, 0.29) is 17.9 Å². The summed E-state index contributed by atoms with van der Waals surface area (Å²) in [7, 11) is -1.25. The van der Waals surface area contributed by atoms with Crippen LogP contribution < -0.4 is 10.8 Å². The van der Waals surface area contributed by atoms with Gasteiger partial charge in [-0.05, 0) is 54.0 Å². The summed E-state index contributed by atoms with van der Waals surface area (Å²) in [5.74, 6) is -0.282. The molecule has 0 aromatic carbocycles. The average molecular weight is 404 g/mol. The van der Waals surface area contributed by atoms with Crippen molar-refractivity contribution in [2.75, 3.05) is 11.9 Å². The van der Waals surface area contributed by atoms with Crippen LogP contribution in [0.15, 0.2) is 12.3 Å². The molecular formula is C18H28BF3N2O4. The lowest BCUT2D eigenvalue weighted by Gasteiger charge is -2.29. The van der Waals surface area contributed by atoms with Crippen LogP contribution in [0, 0.1) is 0 Å². The highest BCUT2D eigenvalue weighted by atomic mass is 19.4. The third-order valence-corrected chi connectivity index (χ3v) is 3.72. The number of halogens is 3. The number of aromatic nitrogens is 1. The molecule has 0 aliphatic heterocycles. The Kier molecular flexibility index (Phi) is 7.90. The fourth-order valence-electron chi connectivity index (χ4n) is 2.09. The van der Waals surface area contributed by atoms with Gasteiger partial charge in [-0.3, -0.25) is 5.32 Å². The molecule has 0 aliphatic carbocycles. The normalized spacial score (nSPS) is 12.6. The Morgan fingerprint density at radius 3 is 2.25 bits per heavy atom. The van der Waals surface area contributed by atoms with Gasteiger partial charge < -0.3 is 14.0 Å². The lowest BCUT2D eigenvalue weighted by Crippen LogP contribution is -2.46. The molecular weight excluding hydrogens is 376 g/mol. The first-order valence-electron chi connectivity index (χ1n) is 9.05. The van der Waals surface area contributed by atoms with Crippen molar-refractivity contribution in [3.63, 3.8) is 0 Å².